The van der Waals surface area contributed by atoms with E-state index in [2.05, 4.69) is 220 Å². The largest absolute Gasteiger partial charge is 0.472 e. The summed E-state index contributed by atoms with van der Waals surface area (Å²) in [6.45, 7) is 4.13. The molecule has 2 unspecified atom stereocenters. The molecule has 0 heterocycles. The smallest absolute Gasteiger partial charge is 0.462 e. The summed E-state index contributed by atoms with van der Waals surface area (Å²) in [7, 11) is 1.42. The summed E-state index contributed by atoms with van der Waals surface area (Å²) < 4.78 is 34.6. The molecule has 0 amide bonds. The van der Waals surface area contributed by atoms with Crippen molar-refractivity contribution in [1.29, 1.82) is 0 Å². The molecule has 9 nitrogen and oxygen atoms in total. The van der Waals surface area contributed by atoms with Gasteiger partial charge in [-0.3, -0.25) is 18.6 Å². The fourth-order valence-corrected chi connectivity index (χ4v) is 8.94. The number of nitrogens with zero attached hydrogens (tertiary/aromatic N) is 1. The van der Waals surface area contributed by atoms with Crippen LogP contribution >= 0.6 is 7.82 Å². The summed E-state index contributed by atoms with van der Waals surface area (Å²) in [4.78, 5) is 35.8. The molecule has 0 bridgehead atoms. The standard InChI is InChI=1S/C78H122NO8P/c1-6-8-10-12-14-16-18-20-22-24-26-28-30-31-32-33-34-35-36-37-38-39-40-41-42-43-44-45-46-47-49-51-53-55-57-59-61-63-65-67-69-71-78(81)87-76(75-86-88(82,83)85-73-72-79(3,4)5)74-84-77(80)70-68-66-64-62-60-58-56-54-52-50-48-29-27-25-23-21-19-17-15-13-11-9-7-2/h8-11,14-17,20-23,26-29,31-32,34-35,37-38,40-41,43-44,46-47,50-53,57,59,76H,6-7,12-13,18-19,24-25,30,33,36,39,42,45,48-49,54-56,58,60-75H2,1-5H3/p+1/b10-8-,11-9-,16-14-,17-15-,22-20-,23-21-,28-26-,29-27-,32-31-,35-34-,38-37-,41-40-,44-43-,47-46-,52-50-,53-51-,59-57-. The van der Waals surface area contributed by atoms with Gasteiger partial charge >= 0.3 is 19.8 Å². The zero-order valence-electron chi connectivity index (χ0n) is 55.9. The van der Waals surface area contributed by atoms with Gasteiger partial charge in [0.05, 0.1) is 27.7 Å². The van der Waals surface area contributed by atoms with Gasteiger partial charge in [-0.15, -0.1) is 0 Å². The number of likely N-dealkylation sites (N-methyl/N-ethyl adjacent to an activating group) is 1. The lowest BCUT2D eigenvalue weighted by Gasteiger charge is -2.24. The first kappa shape index (κ1) is 82.6. The van der Waals surface area contributed by atoms with E-state index in [1.807, 2.05) is 21.1 Å². The molecule has 0 radical (unpaired) electrons. The number of allylic oxidation sites excluding steroid dienone is 34. The Kier molecular flexibility index (Phi) is 62.0. The molecule has 0 saturated carbocycles. The summed E-state index contributed by atoms with van der Waals surface area (Å²) in [6.07, 6.45) is 105. The Morgan fingerprint density at radius 2 is 0.614 bits per heavy atom. The second-order valence-corrected chi connectivity index (χ2v) is 24.2. The van der Waals surface area contributed by atoms with Gasteiger partial charge in [0.15, 0.2) is 6.10 Å². The molecule has 1 N–H and O–H groups in total. The lowest BCUT2D eigenvalue weighted by atomic mass is 10.1. The van der Waals surface area contributed by atoms with Crippen molar-refractivity contribution in [3.63, 3.8) is 0 Å². The van der Waals surface area contributed by atoms with Crippen molar-refractivity contribution in [2.24, 2.45) is 0 Å². The van der Waals surface area contributed by atoms with Crippen molar-refractivity contribution in [3.05, 3.63) is 207 Å². The van der Waals surface area contributed by atoms with Gasteiger partial charge in [-0.25, -0.2) is 4.57 Å². The van der Waals surface area contributed by atoms with Crippen LogP contribution < -0.4 is 0 Å². The first-order chi connectivity index (χ1) is 43.0. The molecule has 10 heteroatoms. The van der Waals surface area contributed by atoms with Crippen LogP contribution in [0.1, 0.15) is 219 Å². The summed E-state index contributed by atoms with van der Waals surface area (Å²) in [5, 5.41) is 0. The maximum atomic E-state index is 12.9. The molecule has 492 valence electrons. The zero-order valence-corrected chi connectivity index (χ0v) is 56.8. The molecule has 0 aliphatic carbocycles. The lowest BCUT2D eigenvalue weighted by Crippen LogP contribution is -2.37. The molecule has 0 aliphatic heterocycles. The van der Waals surface area contributed by atoms with Gasteiger partial charge in [-0.05, 0) is 148 Å². The molecule has 88 heavy (non-hydrogen) atoms. The lowest BCUT2D eigenvalue weighted by molar-refractivity contribution is -0.870. The fourth-order valence-electron chi connectivity index (χ4n) is 8.20. The normalized spacial score (nSPS) is 14.5. The number of hydrogen-bond acceptors (Lipinski definition) is 7. The fraction of sp³-hybridized carbons (Fsp3) is 0.538. The van der Waals surface area contributed by atoms with Crippen molar-refractivity contribution in [3.8, 4) is 0 Å². The van der Waals surface area contributed by atoms with Crippen molar-refractivity contribution < 1.29 is 42.1 Å². The van der Waals surface area contributed by atoms with Crippen LogP contribution in [0.5, 0.6) is 0 Å². The minimum atomic E-state index is -4.42. The van der Waals surface area contributed by atoms with Gasteiger partial charge in [0.2, 0.25) is 0 Å². The van der Waals surface area contributed by atoms with Crippen LogP contribution in [0.3, 0.4) is 0 Å². The van der Waals surface area contributed by atoms with E-state index in [0.717, 1.165) is 161 Å². The zero-order chi connectivity index (χ0) is 64.1. The molecule has 0 aromatic rings. The average molecular weight is 1230 g/mol. The van der Waals surface area contributed by atoms with Gasteiger partial charge in [0.25, 0.3) is 0 Å². The van der Waals surface area contributed by atoms with Crippen molar-refractivity contribution in [1.82, 2.24) is 0 Å². The summed E-state index contributed by atoms with van der Waals surface area (Å²) >= 11 is 0. The van der Waals surface area contributed by atoms with E-state index >= 15 is 0 Å². The predicted molar refractivity (Wildman–Crippen MR) is 380 cm³/mol. The quantitative estimate of drug-likeness (QED) is 0.0211. The van der Waals surface area contributed by atoms with Crippen molar-refractivity contribution >= 4 is 19.8 Å². The van der Waals surface area contributed by atoms with E-state index in [1.165, 1.54) is 19.3 Å². The molecule has 0 saturated heterocycles. The highest BCUT2D eigenvalue weighted by Crippen LogP contribution is 2.43. The van der Waals surface area contributed by atoms with E-state index < -0.39 is 32.5 Å². The van der Waals surface area contributed by atoms with Crippen LogP contribution in [0, 0.1) is 0 Å². The number of ether oxygens (including phenoxy) is 2. The van der Waals surface area contributed by atoms with Gasteiger partial charge in [0.1, 0.15) is 19.8 Å². The Morgan fingerprint density at radius 1 is 0.352 bits per heavy atom. The van der Waals surface area contributed by atoms with E-state index in [-0.39, 0.29) is 26.1 Å². The molecule has 0 aromatic heterocycles. The molecule has 0 aliphatic rings. The third kappa shape index (κ3) is 69.7. The van der Waals surface area contributed by atoms with Gasteiger partial charge in [0, 0.05) is 12.8 Å². The number of hydrogen-bond donors (Lipinski definition) is 1. The third-order valence-corrected chi connectivity index (χ3v) is 14.3. The topological polar surface area (TPSA) is 108 Å². The Morgan fingerprint density at radius 3 is 0.909 bits per heavy atom. The Bertz CT molecular complexity index is 2240. The third-order valence-electron chi connectivity index (χ3n) is 13.3. The molecule has 0 fully saturated rings. The van der Waals surface area contributed by atoms with Crippen molar-refractivity contribution in [2.45, 2.75) is 225 Å². The summed E-state index contributed by atoms with van der Waals surface area (Å²) in [5.74, 6) is -0.857. The minimum absolute atomic E-state index is 0.0123. The molecular formula is C78H123NO8P+. The molecule has 0 rings (SSSR count). The molecule has 0 aromatic carbocycles. The maximum Gasteiger partial charge on any atom is 0.472 e. The van der Waals surface area contributed by atoms with E-state index in [1.54, 1.807) is 0 Å². The molecule has 0 spiro atoms. The van der Waals surface area contributed by atoms with Gasteiger partial charge < -0.3 is 18.9 Å². The summed E-state index contributed by atoms with van der Waals surface area (Å²) in [6, 6.07) is 0. The first-order valence-corrected chi connectivity index (χ1v) is 35.3. The minimum Gasteiger partial charge on any atom is -0.462 e. The highest BCUT2D eigenvalue weighted by atomic mass is 31.2. The van der Waals surface area contributed by atoms with Gasteiger partial charge in [-0.2, -0.15) is 0 Å². The van der Waals surface area contributed by atoms with Crippen LogP contribution in [-0.2, 0) is 32.7 Å². The van der Waals surface area contributed by atoms with Gasteiger partial charge in [-0.1, -0.05) is 265 Å². The Hall–Kier alpha value is -5.41. The highest BCUT2D eigenvalue weighted by molar-refractivity contribution is 7.47. The second-order valence-electron chi connectivity index (χ2n) is 22.7. The Balaban J connectivity index is 4.23. The number of unbranched alkanes of at least 4 members (excludes halogenated alkanes) is 11. The van der Waals surface area contributed by atoms with E-state index in [4.69, 9.17) is 18.5 Å². The number of carbonyl (C=O) groups is 2. The number of esters is 2. The number of quaternary nitrogens is 1. The SMILES string of the molecule is CC/C=C\C/C=C\C/C=C\C/C=C\C/C=C\C/C=C\C/C=C\C/C=C\C/C=C\C/C=C\C/C=C\C/C=C\CCCCCCC(=O)OC(COC(=O)CCCCCCCCC/C=C\C/C=C\C/C=C\C/C=C\C/C=C\CC)COP(=O)(O)OCC[N+](C)(C)C. The van der Waals surface area contributed by atoms with Crippen LogP contribution in [0.15, 0.2) is 207 Å². The van der Waals surface area contributed by atoms with Crippen LogP contribution in [0.4, 0.5) is 0 Å². The predicted octanol–water partition coefficient (Wildman–Crippen LogP) is 22.3. The van der Waals surface area contributed by atoms with E-state index in [9.17, 15) is 19.0 Å². The van der Waals surface area contributed by atoms with Crippen LogP contribution in [0.2, 0.25) is 0 Å². The number of phosphoric acid groups is 1. The second kappa shape index (κ2) is 66.0. The summed E-state index contributed by atoms with van der Waals surface area (Å²) in [5.41, 5.74) is 0. The van der Waals surface area contributed by atoms with Crippen LogP contribution in [-0.4, -0.2) is 74.9 Å². The maximum absolute atomic E-state index is 12.9. The number of rotatable bonds is 59. The average Bonchev–Trinajstić information content (AvgIpc) is 3.58. The monoisotopic (exact) mass is 1230 g/mol. The van der Waals surface area contributed by atoms with Crippen LogP contribution in [0.25, 0.3) is 0 Å². The molecular weight excluding hydrogens is 1110 g/mol. The number of phosphoric ester groups is 1. The van der Waals surface area contributed by atoms with E-state index in [0.29, 0.717) is 23.9 Å². The Labute approximate surface area is 538 Å². The highest BCUT2D eigenvalue weighted by Gasteiger charge is 2.27. The molecule has 2 atom stereocenters. The number of carbonyl (C=O) groups excluding carboxylic acids is 2. The first-order valence-electron chi connectivity index (χ1n) is 33.8. The van der Waals surface area contributed by atoms with Crippen molar-refractivity contribution in [2.75, 3.05) is 47.5 Å².